The lowest BCUT2D eigenvalue weighted by atomic mass is 10.1. The first-order valence-electron chi connectivity index (χ1n) is 4.07. The Labute approximate surface area is 82.3 Å². The third-order valence-electron chi connectivity index (χ3n) is 1.67. The predicted octanol–water partition coefficient (Wildman–Crippen LogP) is 1.33. The highest BCUT2D eigenvalue weighted by atomic mass is 16.5. The minimum absolute atomic E-state index is 0.385. The largest absolute Gasteiger partial charge is 0.496 e. The van der Waals surface area contributed by atoms with E-state index in [2.05, 4.69) is 11.8 Å². The van der Waals surface area contributed by atoms with E-state index in [4.69, 9.17) is 9.84 Å². The van der Waals surface area contributed by atoms with E-state index in [1.165, 1.54) is 0 Å². The molecule has 3 nitrogen and oxygen atoms in total. The van der Waals surface area contributed by atoms with Crippen LogP contribution in [0.1, 0.15) is 5.56 Å². The number of carbonyl (C=O) groups is 1. The van der Waals surface area contributed by atoms with Gasteiger partial charge in [0.2, 0.25) is 0 Å². The van der Waals surface area contributed by atoms with Gasteiger partial charge in [-0.05, 0) is 6.07 Å². The number of rotatable bonds is 2. The van der Waals surface area contributed by atoms with Gasteiger partial charge < -0.3 is 9.84 Å². The Morgan fingerprint density at radius 3 is 2.86 bits per heavy atom. The quantitative estimate of drug-likeness (QED) is 0.715. The van der Waals surface area contributed by atoms with E-state index in [1.54, 1.807) is 7.11 Å². The van der Waals surface area contributed by atoms with E-state index >= 15 is 0 Å². The van der Waals surface area contributed by atoms with Crippen molar-refractivity contribution in [3.8, 4) is 17.6 Å². The first-order valence-corrected chi connectivity index (χ1v) is 4.07. The Bertz CT molecular complexity index is 385. The van der Waals surface area contributed by atoms with Gasteiger partial charge in [-0.1, -0.05) is 24.1 Å². The fourth-order valence-corrected chi connectivity index (χ4v) is 1.06. The smallest absolute Gasteiger partial charge is 0.381 e. The number of methoxy groups -OCH3 is 1. The molecule has 1 rings (SSSR count). The minimum Gasteiger partial charge on any atom is -0.496 e. The molecule has 0 fully saturated rings. The summed E-state index contributed by atoms with van der Waals surface area (Å²) in [5.74, 6) is 4.22. The van der Waals surface area contributed by atoms with E-state index in [0.29, 0.717) is 6.42 Å². The molecule has 0 bridgehead atoms. The molecule has 0 unspecified atom stereocenters. The number of hydrogen-bond donors (Lipinski definition) is 1. The highest BCUT2D eigenvalue weighted by Gasteiger charge is 1.98. The van der Waals surface area contributed by atoms with Crippen LogP contribution in [0.2, 0.25) is 0 Å². The summed E-state index contributed by atoms with van der Waals surface area (Å²) in [4.78, 5) is 10.1. The maximum Gasteiger partial charge on any atom is 0.381 e. The second-order valence-electron chi connectivity index (χ2n) is 2.60. The van der Waals surface area contributed by atoms with Crippen LogP contribution in [0, 0.1) is 11.8 Å². The summed E-state index contributed by atoms with van der Waals surface area (Å²) in [5.41, 5.74) is 0.892. The van der Waals surface area contributed by atoms with Crippen molar-refractivity contribution in [2.24, 2.45) is 0 Å². The van der Waals surface area contributed by atoms with E-state index < -0.39 is 5.97 Å². The summed E-state index contributed by atoms with van der Waals surface area (Å²) in [6.45, 7) is 0. The van der Waals surface area contributed by atoms with Gasteiger partial charge in [0, 0.05) is 17.9 Å². The highest BCUT2D eigenvalue weighted by Crippen LogP contribution is 2.16. The zero-order valence-corrected chi connectivity index (χ0v) is 7.78. The van der Waals surface area contributed by atoms with Gasteiger partial charge in [0.1, 0.15) is 5.75 Å². The summed E-state index contributed by atoms with van der Waals surface area (Å²) in [7, 11) is 1.57. The Morgan fingerprint density at radius 1 is 1.50 bits per heavy atom. The molecular formula is C11H10O3. The summed E-state index contributed by atoms with van der Waals surface area (Å²) < 4.78 is 5.09. The highest BCUT2D eigenvalue weighted by molar-refractivity contribution is 5.86. The van der Waals surface area contributed by atoms with Crippen molar-refractivity contribution in [1.29, 1.82) is 0 Å². The molecule has 0 amide bonds. The Hall–Kier alpha value is -1.95. The van der Waals surface area contributed by atoms with Crippen molar-refractivity contribution < 1.29 is 14.6 Å². The lowest BCUT2D eigenvalue weighted by Gasteiger charge is -2.03. The van der Waals surface area contributed by atoms with E-state index in [9.17, 15) is 4.79 Å². The molecule has 0 aliphatic carbocycles. The predicted molar refractivity (Wildman–Crippen MR) is 52.1 cm³/mol. The van der Waals surface area contributed by atoms with Crippen molar-refractivity contribution in [1.82, 2.24) is 0 Å². The SMILES string of the molecule is COc1ccccc1CC#CC(=O)O. The van der Waals surface area contributed by atoms with Gasteiger partial charge in [0.05, 0.1) is 7.11 Å². The molecule has 1 aromatic carbocycles. The van der Waals surface area contributed by atoms with Crippen LogP contribution >= 0.6 is 0 Å². The number of hydrogen-bond acceptors (Lipinski definition) is 2. The number of para-hydroxylation sites is 1. The van der Waals surface area contributed by atoms with Gasteiger partial charge in [0.25, 0.3) is 0 Å². The Balaban J connectivity index is 2.77. The summed E-state index contributed by atoms with van der Waals surface area (Å²) in [6, 6.07) is 7.39. The molecule has 14 heavy (non-hydrogen) atoms. The molecule has 0 aliphatic heterocycles. The van der Waals surface area contributed by atoms with Crippen molar-refractivity contribution in [2.75, 3.05) is 7.11 Å². The third-order valence-corrected chi connectivity index (χ3v) is 1.67. The second kappa shape index (κ2) is 4.93. The molecule has 72 valence electrons. The molecular weight excluding hydrogens is 180 g/mol. The average Bonchev–Trinajstić information content (AvgIpc) is 2.18. The topological polar surface area (TPSA) is 46.5 Å². The standard InChI is InChI=1S/C11H10O3/c1-14-10-7-3-2-5-9(10)6-4-8-11(12)13/h2-3,5,7H,6H2,1H3,(H,12,13). The van der Waals surface area contributed by atoms with Gasteiger partial charge >= 0.3 is 5.97 Å². The maximum absolute atomic E-state index is 10.1. The molecule has 0 aromatic heterocycles. The Kier molecular flexibility index (Phi) is 3.57. The molecule has 0 saturated carbocycles. The maximum atomic E-state index is 10.1. The van der Waals surface area contributed by atoms with Crippen LogP contribution in [0.3, 0.4) is 0 Å². The van der Waals surface area contributed by atoms with Gasteiger partial charge in [-0.25, -0.2) is 4.79 Å². The van der Waals surface area contributed by atoms with Gasteiger partial charge in [0.15, 0.2) is 0 Å². The van der Waals surface area contributed by atoms with Crippen molar-refractivity contribution >= 4 is 5.97 Å². The lowest BCUT2D eigenvalue weighted by Crippen LogP contribution is -1.91. The number of ether oxygens (including phenoxy) is 1. The van der Waals surface area contributed by atoms with E-state index in [-0.39, 0.29) is 0 Å². The Morgan fingerprint density at radius 2 is 2.21 bits per heavy atom. The molecule has 0 spiro atoms. The summed E-state index contributed by atoms with van der Waals surface area (Å²) in [5, 5.41) is 8.31. The number of carboxylic acids is 1. The number of aliphatic carboxylic acids is 1. The fraction of sp³-hybridized carbons (Fsp3) is 0.182. The fourth-order valence-electron chi connectivity index (χ4n) is 1.06. The van der Waals surface area contributed by atoms with Crippen molar-refractivity contribution in [3.63, 3.8) is 0 Å². The number of carboxylic acid groups (broad SMARTS) is 1. The molecule has 0 saturated heterocycles. The first-order chi connectivity index (χ1) is 6.74. The molecule has 1 N–H and O–H groups in total. The zero-order valence-electron chi connectivity index (χ0n) is 7.78. The van der Waals surface area contributed by atoms with Crippen LogP contribution in [0.15, 0.2) is 24.3 Å². The van der Waals surface area contributed by atoms with E-state index in [1.807, 2.05) is 24.3 Å². The second-order valence-corrected chi connectivity index (χ2v) is 2.60. The summed E-state index contributed by atoms with van der Waals surface area (Å²) >= 11 is 0. The van der Waals surface area contributed by atoms with Gasteiger partial charge in [-0.3, -0.25) is 0 Å². The van der Waals surface area contributed by atoms with Crippen LogP contribution in [-0.4, -0.2) is 18.2 Å². The molecule has 3 heteroatoms. The molecule has 0 aliphatic rings. The van der Waals surface area contributed by atoms with Crippen LogP contribution in [0.25, 0.3) is 0 Å². The molecule has 0 heterocycles. The van der Waals surface area contributed by atoms with Crippen molar-refractivity contribution in [3.05, 3.63) is 29.8 Å². The number of benzene rings is 1. The monoisotopic (exact) mass is 190 g/mol. The van der Waals surface area contributed by atoms with E-state index in [0.717, 1.165) is 11.3 Å². The first kappa shape index (κ1) is 10.1. The average molecular weight is 190 g/mol. The molecule has 0 radical (unpaired) electrons. The third kappa shape index (κ3) is 2.83. The van der Waals surface area contributed by atoms with Crippen LogP contribution in [-0.2, 0) is 11.2 Å². The molecule has 0 atom stereocenters. The zero-order chi connectivity index (χ0) is 10.4. The van der Waals surface area contributed by atoms with Crippen LogP contribution < -0.4 is 4.74 Å². The van der Waals surface area contributed by atoms with Gasteiger partial charge in [-0.2, -0.15) is 0 Å². The lowest BCUT2D eigenvalue weighted by molar-refractivity contribution is -0.130. The minimum atomic E-state index is -1.11. The summed E-state index contributed by atoms with van der Waals surface area (Å²) in [6.07, 6.45) is 0.385. The van der Waals surface area contributed by atoms with Crippen LogP contribution in [0.4, 0.5) is 0 Å². The normalized spacial score (nSPS) is 8.64. The molecule has 1 aromatic rings. The van der Waals surface area contributed by atoms with Gasteiger partial charge in [-0.15, -0.1) is 0 Å². The van der Waals surface area contributed by atoms with Crippen LogP contribution in [0.5, 0.6) is 5.75 Å². The van der Waals surface area contributed by atoms with Crippen molar-refractivity contribution in [2.45, 2.75) is 6.42 Å².